The molecule has 0 bridgehead atoms. The number of aryl methyl sites for hydroxylation is 1. The highest BCUT2D eigenvalue weighted by atomic mass is 15.3. The maximum Gasteiger partial charge on any atom is 0.0568 e. The summed E-state index contributed by atoms with van der Waals surface area (Å²) in [5.74, 6) is 0. The first-order valence-electron chi connectivity index (χ1n) is 8.11. The smallest absolute Gasteiger partial charge is 0.0568 e. The van der Waals surface area contributed by atoms with Crippen LogP contribution in [0.1, 0.15) is 39.5 Å². The zero-order valence-electron chi connectivity index (χ0n) is 13.3. The average Bonchev–Trinajstić information content (AvgIpc) is 2.99. The largest absolute Gasteiger partial charge is 0.314 e. The van der Waals surface area contributed by atoms with E-state index in [0.717, 1.165) is 13.1 Å². The second-order valence-electron chi connectivity index (χ2n) is 5.71. The molecule has 1 N–H and O–H groups in total. The van der Waals surface area contributed by atoms with Crippen LogP contribution in [0.25, 0.3) is 11.1 Å². The van der Waals surface area contributed by atoms with E-state index in [-0.39, 0.29) is 0 Å². The van der Waals surface area contributed by atoms with Crippen LogP contribution in [0.4, 0.5) is 0 Å². The summed E-state index contributed by atoms with van der Waals surface area (Å²) in [5, 5.41) is 7.99. The van der Waals surface area contributed by atoms with Crippen LogP contribution in [0, 0.1) is 0 Å². The first-order valence-corrected chi connectivity index (χ1v) is 8.11. The van der Waals surface area contributed by atoms with Crippen molar-refractivity contribution in [3.8, 4) is 11.1 Å². The van der Waals surface area contributed by atoms with Crippen molar-refractivity contribution in [2.45, 2.75) is 52.1 Å². The molecule has 1 aromatic heterocycles. The lowest BCUT2D eigenvalue weighted by Gasteiger charge is -2.12. The van der Waals surface area contributed by atoms with Crippen LogP contribution in [-0.4, -0.2) is 22.4 Å². The third-order valence-corrected chi connectivity index (χ3v) is 3.76. The molecule has 3 nitrogen and oxygen atoms in total. The van der Waals surface area contributed by atoms with Crippen LogP contribution in [0.3, 0.4) is 0 Å². The minimum atomic E-state index is 0.627. The van der Waals surface area contributed by atoms with Crippen molar-refractivity contribution >= 4 is 0 Å². The summed E-state index contributed by atoms with van der Waals surface area (Å²) in [6, 6.07) is 11.1. The van der Waals surface area contributed by atoms with Gasteiger partial charge in [0.25, 0.3) is 0 Å². The summed E-state index contributed by atoms with van der Waals surface area (Å²) in [7, 11) is 0. The molecular weight excluding hydrogens is 258 g/mol. The van der Waals surface area contributed by atoms with Crippen molar-refractivity contribution < 1.29 is 0 Å². The number of benzene rings is 1. The van der Waals surface area contributed by atoms with E-state index < -0.39 is 0 Å². The molecule has 21 heavy (non-hydrogen) atoms. The highest BCUT2D eigenvalue weighted by Gasteiger charge is 2.02. The van der Waals surface area contributed by atoms with Crippen LogP contribution in [-0.2, 0) is 6.54 Å². The summed E-state index contributed by atoms with van der Waals surface area (Å²) in [6.45, 7) is 6.62. The van der Waals surface area contributed by atoms with Gasteiger partial charge in [-0.05, 0) is 38.3 Å². The van der Waals surface area contributed by atoms with E-state index in [1.807, 2.05) is 12.3 Å². The summed E-state index contributed by atoms with van der Waals surface area (Å²) >= 11 is 0. The predicted molar refractivity (Wildman–Crippen MR) is 89.3 cm³/mol. The van der Waals surface area contributed by atoms with Gasteiger partial charge in [-0.25, -0.2) is 0 Å². The van der Waals surface area contributed by atoms with E-state index in [1.54, 1.807) is 0 Å². The van der Waals surface area contributed by atoms with Crippen molar-refractivity contribution in [2.75, 3.05) is 6.54 Å². The first kappa shape index (κ1) is 15.8. The first-order chi connectivity index (χ1) is 10.3. The second kappa shape index (κ2) is 8.63. The maximum atomic E-state index is 4.46. The molecule has 0 saturated carbocycles. The summed E-state index contributed by atoms with van der Waals surface area (Å²) in [6.07, 6.45) is 8.99. The molecule has 1 atom stereocenters. The van der Waals surface area contributed by atoms with E-state index >= 15 is 0 Å². The van der Waals surface area contributed by atoms with Crippen LogP contribution in [0.5, 0.6) is 0 Å². The summed E-state index contributed by atoms with van der Waals surface area (Å²) in [4.78, 5) is 0. The van der Waals surface area contributed by atoms with Gasteiger partial charge in [0, 0.05) is 24.3 Å². The molecule has 0 aliphatic heterocycles. The molecule has 1 aromatic carbocycles. The quantitative estimate of drug-likeness (QED) is 0.703. The number of nitrogens with zero attached hydrogens (tertiary/aromatic N) is 2. The molecule has 114 valence electrons. The molecule has 0 spiro atoms. The lowest BCUT2D eigenvalue weighted by molar-refractivity contribution is 0.467. The molecule has 2 rings (SSSR count). The van der Waals surface area contributed by atoms with Gasteiger partial charge >= 0.3 is 0 Å². The van der Waals surface area contributed by atoms with Crippen LogP contribution in [0.15, 0.2) is 42.7 Å². The Morgan fingerprint density at radius 2 is 1.95 bits per heavy atom. The summed E-state index contributed by atoms with van der Waals surface area (Å²) < 4.78 is 2.06. The summed E-state index contributed by atoms with van der Waals surface area (Å²) in [5.41, 5.74) is 2.44. The minimum Gasteiger partial charge on any atom is -0.314 e. The number of rotatable bonds is 9. The third-order valence-electron chi connectivity index (χ3n) is 3.76. The van der Waals surface area contributed by atoms with Gasteiger partial charge in [-0.3, -0.25) is 4.68 Å². The molecule has 0 radical (unpaired) electrons. The molecule has 0 amide bonds. The molecule has 1 heterocycles. The van der Waals surface area contributed by atoms with Crippen molar-refractivity contribution in [3.63, 3.8) is 0 Å². The zero-order valence-corrected chi connectivity index (χ0v) is 13.3. The van der Waals surface area contributed by atoms with Gasteiger partial charge in [0.05, 0.1) is 6.20 Å². The van der Waals surface area contributed by atoms with Gasteiger partial charge in [0.1, 0.15) is 0 Å². The Morgan fingerprint density at radius 1 is 1.14 bits per heavy atom. The van der Waals surface area contributed by atoms with Gasteiger partial charge in [0.15, 0.2) is 0 Å². The van der Waals surface area contributed by atoms with Crippen LogP contribution < -0.4 is 5.32 Å². The van der Waals surface area contributed by atoms with Gasteiger partial charge in [-0.1, -0.05) is 43.7 Å². The number of aromatic nitrogens is 2. The Hall–Kier alpha value is -1.61. The topological polar surface area (TPSA) is 29.9 Å². The lowest BCUT2D eigenvalue weighted by Crippen LogP contribution is -2.26. The number of hydrogen-bond donors (Lipinski definition) is 1. The van der Waals surface area contributed by atoms with Gasteiger partial charge in [0.2, 0.25) is 0 Å². The highest BCUT2D eigenvalue weighted by Crippen LogP contribution is 2.17. The Bertz CT molecular complexity index is 504. The second-order valence-corrected chi connectivity index (χ2v) is 5.71. The van der Waals surface area contributed by atoms with Gasteiger partial charge in [-0.2, -0.15) is 5.10 Å². The fourth-order valence-electron chi connectivity index (χ4n) is 2.48. The molecular formula is C18H27N3. The van der Waals surface area contributed by atoms with Gasteiger partial charge in [-0.15, -0.1) is 0 Å². The van der Waals surface area contributed by atoms with Crippen molar-refractivity contribution in [3.05, 3.63) is 42.7 Å². The molecule has 0 saturated heterocycles. The van der Waals surface area contributed by atoms with Crippen molar-refractivity contribution in [1.82, 2.24) is 15.1 Å². The molecule has 0 aliphatic carbocycles. The SMILES string of the molecule is CCCNC(C)CCCCn1cc(-c2ccccc2)cn1. The fourth-order valence-corrected chi connectivity index (χ4v) is 2.48. The Morgan fingerprint density at radius 3 is 2.71 bits per heavy atom. The van der Waals surface area contributed by atoms with Gasteiger partial charge < -0.3 is 5.32 Å². The monoisotopic (exact) mass is 285 g/mol. The average molecular weight is 285 g/mol. The molecule has 0 fully saturated rings. The fraction of sp³-hybridized carbons (Fsp3) is 0.500. The Kier molecular flexibility index (Phi) is 6.48. The van der Waals surface area contributed by atoms with Crippen LogP contribution in [0.2, 0.25) is 0 Å². The normalized spacial score (nSPS) is 12.5. The van der Waals surface area contributed by atoms with E-state index in [2.05, 4.69) is 59.4 Å². The van der Waals surface area contributed by atoms with E-state index in [0.29, 0.717) is 6.04 Å². The number of nitrogens with one attached hydrogen (secondary N) is 1. The highest BCUT2D eigenvalue weighted by molar-refractivity contribution is 5.61. The van der Waals surface area contributed by atoms with Crippen molar-refractivity contribution in [1.29, 1.82) is 0 Å². The maximum absolute atomic E-state index is 4.46. The standard InChI is InChI=1S/C18H27N3/c1-3-12-19-16(2)9-7-8-13-21-15-18(14-20-21)17-10-5-4-6-11-17/h4-6,10-11,14-16,19H,3,7-9,12-13H2,1-2H3. The lowest BCUT2D eigenvalue weighted by atomic mass is 10.1. The third kappa shape index (κ3) is 5.35. The predicted octanol–water partition coefficient (Wildman–Crippen LogP) is 4.11. The van der Waals surface area contributed by atoms with E-state index in [9.17, 15) is 0 Å². The van der Waals surface area contributed by atoms with E-state index in [1.165, 1.54) is 36.8 Å². The minimum absolute atomic E-state index is 0.627. The van der Waals surface area contributed by atoms with Crippen LogP contribution >= 0.6 is 0 Å². The molecule has 3 heteroatoms. The molecule has 0 aliphatic rings. The zero-order chi connectivity index (χ0) is 14.9. The van der Waals surface area contributed by atoms with Crippen molar-refractivity contribution in [2.24, 2.45) is 0 Å². The van der Waals surface area contributed by atoms with E-state index in [4.69, 9.17) is 0 Å². The Balaban J connectivity index is 1.71. The Labute approximate surface area is 128 Å². The number of unbranched alkanes of at least 4 members (excludes halogenated alkanes) is 1. The molecule has 2 aromatic rings. The number of hydrogen-bond acceptors (Lipinski definition) is 2. The molecule has 1 unspecified atom stereocenters.